The summed E-state index contributed by atoms with van der Waals surface area (Å²) in [7, 11) is -7.63. The summed E-state index contributed by atoms with van der Waals surface area (Å²) in [6, 6.07) is 3.95. The van der Waals surface area contributed by atoms with Crippen LogP contribution in [0.1, 0.15) is 38.7 Å². The average molecular weight is 524 g/mol. The van der Waals surface area contributed by atoms with Gasteiger partial charge in [0, 0.05) is 12.8 Å². The second-order valence-corrected chi connectivity index (χ2v) is 13.9. The first-order valence-corrected chi connectivity index (χ1v) is 15.2. The molecule has 4 atom stereocenters. The Hall–Kier alpha value is -2.44. The van der Waals surface area contributed by atoms with Gasteiger partial charge in [-0.05, 0) is 42.9 Å². The molecule has 2 fully saturated rings. The van der Waals surface area contributed by atoms with Gasteiger partial charge in [-0.3, -0.25) is 4.79 Å². The van der Waals surface area contributed by atoms with E-state index in [2.05, 4.69) is 23.6 Å². The second kappa shape index (κ2) is 8.31. The van der Waals surface area contributed by atoms with Crippen LogP contribution in [0.2, 0.25) is 0 Å². The van der Waals surface area contributed by atoms with E-state index in [-0.39, 0.29) is 51.8 Å². The van der Waals surface area contributed by atoms with E-state index in [4.69, 9.17) is 4.74 Å². The highest BCUT2D eigenvalue weighted by Crippen LogP contribution is 2.48. The van der Waals surface area contributed by atoms with E-state index >= 15 is 0 Å². The highest BCUT2D eigenvalue weighted by atomic mass is 32.2. The van der Waals surface area contributed by atoms with Crippen molar-refractivity contribution in [3.63, 3.8) is 0 Å². The first kappa shape index (κ1) is 24.3. The van der Waals surface area contributed by atoms with Crippen LogP contribution in [-0.2, 0) is 35.1 Å². The first-order valence-electron chi connectivity index (χ1n) is 11.7. The Morgan fingerprint density at radius 1 is 1.26 bits per heavy atom. The van der Waals surface area contributed by atoms with Crippen molar-refractivity contribution in [3.8, 4) is 0 Å². The number of anilines is 1. The highest BCUT2D eigenvalue weighted by Gasteiger charge is 2.58. The summed E-state index contributed by atoms with van der Waals surface area (Å²) in [5.41, 5.74) is 0.328. The fourth-order valence-electron chi connectivity index (χ4n) is 5.52. The number of nitrogens with zero attached hydrogens (tertiary/aromatic N) is 2. The molecule has 10 nitrogen and oxygen atoms in total. The van der Waals surface area contributed by atoms with Crippen molar-refractivity contribution in [2.24, 2.45) is 16.2 Å². The van der Waals surface area contributed by atoms with Crippen LogP contribution >= 0.6 is 0 Å². The van der Waals surface area contributed by atoms with Crippen molar-refractivity contribution in [1.29, 1.82) is 0 Å². The van der Waals surface area contributed by atoms with Gasteiger partial charge in [0.2, 0.25) is 0 Å². The molecule has 4 aliphatic rings. The summed E-state index contributed by atoms with van der Waals surface area (Å²) >= 11 is 0. The van der Waals surface area contributed by atoms with E-state index in [1.54, 1.807) is 4.90 Å². The average Bonchev–Trinajstić information content (AvgIpc) is 3.35. The Bertz CT molecular complexity index is 1370. The standard InChI is InChI=1S/C23H29N3O7S2/c1-12(2)8-9-26-20-16-7-6-15(33-16)18(20)21(27)19(23(26)28)22-24-14-5-4-13(11-34(3,29)30)10-17(14)35(31,32)25-22/h4-5,10,12,15-16,18,20,27H,6-9,11H2,1-3H3,(H,24,25). The molecule has 190 valence electrons. The molecule has 4 aliphatic heterocycles. The van der Waals surface area contributed by atoms with Crippen molar-refractivity contribution in [1.82, 2.24) is 4.90 Å². The monoisotopic (exact) mass is 523 g/mol. The number of ether oxygens (including phenoxy) is 1. The molecule has 2 N–H and O–H groups in total. The molecule has 0 radical (unpaired) electrons. The van der Waals surface area contributed by atoms with Crippen LogP contribution in [0.15, 0.2) is 38.8 Å². The minimum atomic E-state index is -4.26. The Morgan fingerprint density at radius 2 is 1.97 bits per heavy atom. The molecule has 0 aliphatic carbocycles. The number of sulfonamides is 1. The molecular formula is C23H29N3O7S2. The predicted octanol–water partition coefficient (Wildman–Crippen LogP) is 1.99. The molecule has 5 rings (SSSR count). The molecule has 35 heavy (non-hydrogen) atoms. The Balaban J connectivity index is 1.55. The predicted molar refractivity (Wildman–Crippen MR) is 129 cm³/mol. The van der Waals surface area contributed by atoms with Crippen LogP contribution < -0.4 is 5.32 Å². The number of aliphatic hydroxyl groups is 1. The Kier molecular flexibility index (Phi) is 5.76. The Morgan fingerprint density at radius 3 is 2.66 bits per heavy atom. The van der Waals surface area contributed by atoms with Crippen LogP contribution in [0.3, 0.4) is 0 Å². The van der Waals surface area contributed by atoms with Crippen LogP contribution in [0.5, 0.6) is 0 Å². The van der Waals surface area contributed by atoms with Crippen molar-refractivity contribution >= 4 is 37.3 Å². The number of fused-ring (bicyclic) bond motifs is 6. The lowest BCUT2D eigenvalue weighted by atomic mass is 9.77. The third-order valence-electron chi connectivity index (χ3n) is 7.04. The Labute approximate surface area is 205 Å². The van der Waals surface area contributed by atoms with Gasteiger partial charge in [-0.25, -0.2) is 8.42 Å². The maximum absolute atomic E-state index is 13.7. The number of carbonyl (C=O) groups is 1. The molecule has 4 unspecified atom stereocenters. The van der Waals surface area contributed by atoms with Gasteiger partial charge >= 0.3 is 0 Å². The summed E-state index contributed by atoms with van der Waals surface area (Å²) in [5, 5.41) is 14.1. The van der Waals surface area contributed by atoms with E-state index in [0.717, 1.165) is 25.5 Å². The minimum absolute atomic E-state index is 0.149. The fraction of sp³-hybridized carbons (Fsp3) is 0.565. The minimum Gasteiger partial charge on any atom is -0.511 e. The van der Waals surface area contributed by atoms with Gasteiger partial charge < -0.3 is 20.1 Å². The molecule has 1 amide bonds. The molecule has 1 aromatic carbocycles. The van der Waals surface area contributed by atoms with Gasteiger partial charge in [0.1, 0.15) is 16.2 Å². The largest absolute Gasteiger partial charge is 0.511 e. The van der Waals surface area contributed by atoms with Gasteiger partial charge in [-0.15, -0.1) is 4.40 Å². The summed E-state index contributed by atoms with van der Waals surface area (Å²) in [5.74, 6) is -1.29. The normalized spacial score (nSPS) is 29.2. The summed E-state index contributed by atoms with van der Waals surface area (Å²) in [6.07, 6.45) is 3.02. The molecule has 0 spiro atoms. The number of sulfone groups is 1. The second-order valence-electron chi connectivity index (χ2n) is 10.2. The quantitative estimate of drug-likeness (QED) is 0.576. The molecule has 0 saturated carbocycles. The van der Waals surface area contributed by atoms with Crippen molar-refractivity contribution < 1.29 is 31.5 Å². The maximum atomic E-state index is 13.7. The summed E-state index contributed by atoms with van der Waals surface area (Å²) in [4.78, 5) is 15.2. The van der Waals surface area contributed by atoms with Crippen LogP contribution in [0.4, 0.5) is 5.69 Å². The third kappa shape index (κ3) is 4.25. The van der Waals surface area contributed by atoms with Gasteiger partial charge in [-0.2, -0.15) is 8.42 Å². The molecule has 0 aromatic heterocycles. The van der Waals surface area contributed by atoms with E-state index < -0.39 is 31.7 Å². The molecule has 2 saturated heterocycles. The van der Waals surface area contributed by atoms with Gasteiger partial charge in [-0.1, -0.05) is 19.9 Å². The van der Waals surface area contributed by atoms with Crippen molar-refractivity contribution in [2.45, 2.75) is 62.0 Å². The fourth-order valence-corrected chi connectivity index (χ4v) is 7.48. The zero-order valence-corrected chi connectivity index (χ0v) is 21.4. The summed E-state index contributed by atoms with van der Waals surface area (Å²) in [6.45, 7) is 4.59. The van der Waals surface area contributed by atoms with E-state index in [0.29, 0.717) is 18.0 Å². The number of amides is 1. The number of carbonyl (C=O) groups excluding carboxylic acids is 1. The van der Waals surface area contributed by atoms with E-state index in [9.17, 15) is 26.7 Å². The maximum Gasteiger partial charge on any atom is 0.286 e. The zero-order chi connectivity index (χ0) is 25.3. The number of rotatable bonds is 6. The van der Waals surface area contributed by atoms with E-state index in [1.165, 1.54) is 18.2 Å². The summed E-state index contributed by atoms with van der Waals surface area (Å²) < 4.78 is 59.4. The SMILES string of the molecule is CC(C)CCN1C(=O)C(C2=NS(=O)(=O)c3cc(CS(C)(=O)=O)ccc3N2)=C(O)C2C3CCC(O3)C21. The number of hydrogen-bond acceptors (Lipinski definition) is 8. The number of amidine groups is 1. The number of nitrogens with one attached hydrogen (secondary N) is 1. The third-order valence-corrected chi connectivity index (χ3v) is 9.22. The highest BCUT2D eigenvalue weighted by molar-refractivity contribution is 7.90. The molecule has 12 heteroatoms. The number of hydrogen-bond donors (Lipinski definition) is 2. The lowest BCUT2D eigenvalue weighted by Crippen LogP contribution is -2.56. The molecule has 4 heterocycles. The van der Waals surface area contributed by atoms with Gasteiger partial charge in [0.05, 0.1) is 35.6 Å². The first-order chi connectivity index (χ1) is 16.4. The lowest BCUT2D eigenvalue weighted by molar-refractivity contribution is -0.132. The van der Waals surface area contributed by atoms with Crippen molar-refractivity contribution in [3.05, 3.63) is 35.1 Å². The van der Waals surface area contributed by atoms with Gasteiger partial charge in [0.25, 0.3) is 15.9 Å². The molecule has 1 aromatic rings. The molecule has 2 bridgehead atoms. The zero-order valence-electron chi connectivity index (χ0n) is 19.8. The smallest absolute Gasteiger partial charge is 0.286 e. The van der Waals surface area contributed by atoms with Crippen LogP contribution in [0.25, 0.3) is 0 Å². The van der Waals surface area contributed by atoms with Crippen molar-refractivity contribution in [2.75, 3.05) is 18.1 Å². The molecular weight excluding hydrogens is 494 g/mol. The number of aliphatic hydroxyl groups excluding tert-OH is 1. The van der Waals surface area contributed by atoms with E-state index in [1.807, 2.05) is 0 Å². The number of benzene rings is 1. The lowest BCUT2D eigenvalue weighted by Gasteiger charge is -2.42. The van der Waals surface area contributed by atoms with Gasteiger partial charge in [0.15, 0.2) is 15.7 Å². The topological polar surface area (TPSA) is 142 Å². The van der Waals surface area contributed by atoms with Crippen LogP contribution in [0, 0.1) is 11.8 Å². The van der Waals surface area contributed by atoms with Crippen LogP contribution in [-0.4, -0.2) is 69.6 Å².